The average Bonchev–Trinajstić information content (AvgIpc) is 2.58. The Bertz CT molecular complexity index is 412. The van der Waals surface area contributed by atoms with Crippen molar-refractivity contribution < 1.29 is 18.0 Å². The molecule has 88 valence electrons. The predicted molar refractivity (Wildman–Crippen MR) is 48.9 cm³/mol. The third-order valence-electron chi connectivity index (χ3n) is 2.18. The van der Waals surface area contributed by atoms with Crippen molar-refractivity contribution in [2.24, 2.45) is 0 Å². The molecule has 0 atom stereocenters. The molecule has 0 aromatic carbocycles. The molecule has 0 bridgehead atoms. The van der Waals surface area contributed by atoms with E-state index in [9.17, 15) is 18.0 Å². The zero-order chi connectivity index (χ0) is 11.8. The zero-order valence-corrected chi connectivity index (χ0v) is 8.14. The fourth-order valence-corrected chi connectivity index (χ4v) is 1.54. The molecule has 0 unspecified atom stereocenters. The first-order valence-corrected chi connectivity index (χ1v) is 4.66. The highest BCUT2D eigenvalue weighted by molar-refractivity contribution is 5.98. The van der Waals surface area contributed by atoms with Crippen molar-refractivity contribution in [1.29, 1.82) is 0 Å². The Morgan fingerprint density at radius 3 is 3.00 bits per heavy atom. The molecule has 2 N–H and O–H groups in total. The molecule has 5 nitrogen and oxygen atoms in total. The highest BCUT2D eigenvalue weighted by atomic mass is 19.4. The number of carbonyl (C=O) groups is 1. The Morgan fingerprint density at radius 1 is 1.56 bits per heavy atom. The van der Waals surface area contributed by atoms with Crippen LogP contribution in [-0.2, 0) is 6.54 Å². The van der Waals surface area contributed by atoms with Gasteiger partial charge in [0.1, 0.15) is 11.4 Å². The first kappa shape index (κ1) is 10.8. The van der Waals surface area contributed by atoms with E-state index >= 15 is 0 Å². The minimum Gasteiger partial charge on any atom is -0.370 e. The lowest BCUT2D eigenvalue weighted by Crippen LogP contribution is -2.37. The molecule has 0 saturated carbocycles. The van der Waals surface area contributed by atoms with E-state index in [1.165, 1.54) is 4.68 Å². The summed E-state index contributed by atoms with van der Waals surface area (Å²) in [5.74, 6) is -0.851. The van der Waals surface area contributed by atoms with E-state index in [1.807, 2.05) is 0 Å². The van der Waals surface area contributed by atoms with E-state index in [0.29, 0.717) is 18.9 Å². The number of aryl methyl sites for hydroxylation is 1. The van der Waals surface area contributed by atoms with Gasteiger partial charge in [0.05, 0.1) is 6.20 Å². The summed E-state index contributed by atoms with van der Waals surface area (Å²) >= 11 is 0. The quantitative estimate of drug-likeness (QED) is 0.711. The van der Waals surface area contributed by atoms with Crippen LogP contribution in [0, 0.1) is 0 Å². The molecule has 2 heterocycles. The van der Waals surface area contributed by atoms with Gasteiger partial charge < -0.3 is 5.32 Å². The Labute approximate surface area is 88.6 Å². The van der Waals surface area contributed by atoms with Crippen LogP contribution in [0.15, 0.2) is 6.20 Å². The Morgan fingerprint density at radius 2 is 2.31 bits per heavy atom. The smallest absolute Gasteiger partial charge is 0.370 e. The van der Waals surface area contributed by atoms with Gasteiger partial charge in [-0.1, -0.05) is 0 Å². The van der Waals surface area contributed by atoms with Crippen LogP contribution in [0.3, 0.4) is 0 Å². The number of amides is 1. The first-order chi connectivity index (χ1) is 7.47. The van der Waals surface area contributed by atoms with Gasteiger partial charge in [0.2, 0.25) is 0 Å². The molecule has 1 amide bonds. The summed E-state index contributed by atoms with van der Waals surface area (Å²) in [6.45, 7) is 1.22. The molecule has 16 heavy (non-hydrogen) atoms. The summed E-state index contributed by atoms with van der Waals surface area (Å²) < 4.78 is 37.3. The van der Waals surface area contributed by atoms with E-state index in [-0.39, 0.29) is 5.56 Å². The van der Waals surface area contributed by atoms with Crippen LogP contribution in [0.25, 0.3) is 0 Å². The summed E-state index contributed by atoms with van der Waals surface area (Å²) in [7, 11) is 0. The molecule has 8 heteroatoms. The molecule has 1 aromatic rings. The summed E-state index contributed by atoms with van der Waals surface area (Å²) in [6.07, 6.45) is -2.76. The Hall–Kier alpha value is -1.73. The summed E-state index contributed by atoms with van der Waals surface area (Å²) in [6, 6.07) is 0. The van der Waals surface area contributed by atoms with Gasteiger partial charge in [-0.05, 0) is 6.42 Å². The number of aromatic nitrogens is 2. The average molecular weight is 234 g/mol. The monoisotopic (exact) mass is 234 g/mol. The standard InChI is InChI=1S/C8H9F3N4O/c9-8(10,11)14-7(16)5-4-13-15-3-1-2-12-6(5)15/h4,12H,1-3H2,(H,14,16). The number of rotatable bonds is 1. The van der Waals surface area contributed by atoms with Crippen LogP contribution >= 0.6 is 0 Å². The summed E-state index contributed by atoms with van der Waals surface area (Å²) in [4.78, 5) is 11.3. The van der Waals surface area contributed by atoms with Crippen molar-refractivity contribution in [2.75, 3.05) is 11.9 Å². The van der Waals surface area contributed by atoms with Gasteiger partial charge in [0.25, 0.3) is 5.91 Å². The highest BCUT2D eigenvalue weighted by Crippen LogP contribution is 2.20. The maximum Gasteiger partial charge on any atom is 0.484 e. The highest BCUT2D eigenvalue weighted by Gasteiger charge is 2.32. The molecular formula is C8H9F3N4O. The minimum absolute atomic E-state index is 0.0861. The summed E-state index contributed by atoms with van der Waals surface area (Å²) in [5, 5.41) is 7.62. The molecule has 0 spiro atoms. The molecule has 0 radical (unpaired) electrons. The molecule has 0 saturated heterocycles. The molecule has 2 rings (SSSR count). The van der Waals surface area contributed by atoms with Gasteiger partial charge in [0.15, 0.2) is 0 Å². The van der Waals surface area contributed by atoms with Crippen LogP contribution in [0.5, 0.6) is 0 Å². The van der Waals surface area contributed by atoms with E-state index in [1.54, 1.807) is 0 Å². The molecule has 0 aliphatic carbocycles. The number of nitrogens with zero attached hydrogens (tertiary/aromatic N) is 2. The van der Waals surface area contributed by atoms with Gasteiger partial charge >= 0.3 is 6.30 Å². The topological polar surface area (TPSA) is 59.0 Å². The maximum absolute atomic E-state index is 12.0. The van der Waals surface area contributed by atoms with Crippen molar-refractivity contribution in [1.82, 2.24) is 15.1 Å². The second-order valence-electron chi connectivity index (χ2n) is 3.36. The second kappa shape index (κ2) is 3.69. The first-order valence-electron chi connectivity index (χ1n) is 4.66. The van der Waals surface area contributed by atoms with Crippen molar-refractivity contribution >= 4 is 11.7 Å². The van der Waals surface area contributed by atoms with E-state index in [0.717, 1.165) is 17.9 Å². The van der Waals surface area contributed by atoms with E-state index in [4.69, 9.17) is 0 Å². The largest absolute Gasteiger partial charge is 0.484 e. The van der Waals surface area contributed by atoms with Crippen LogP contribution in [-0.4, -0.2) is 28.5 Å². The number of alkyl halides is 3. The Balaban J connectivity index is 2.21. The normalized spacial score (nSPS) is 15.2. The van der Waals surface area contributed by atoms with Crippen molar-refractivity contribution in [2.45, 2.75) is 19.3 Å². The van der Waals surface area contributed by atoms with Crippen LogP contribution in [0.2, 0.25) is 0 Å². The van der Waals surface area contributed by atoms with E-state index in [2.05, 4.69) is 10.4 Å². The van der Waals surface area contributed by atoms with Gasteiger partial charge in [-0.15, -0.1) is 0 Å². The molecular weight excluding hydrogens is 225 g/mol. The number of hydrogen-bond donors (Lipinski definition) is 2. The SMILES string of the molecule is O=C(NC(F)(F)F)c1cnn2c1NCCC2. The fraction of sp³-hybridized carbons (Fsp3) is 0.500. The third-order valence-corrected chi connectivity index (χ3v) is 2.18. The number of fused-ring (bicyclic) bond motifs is 1. The number of nitrogens with one attached hydrogen (secondary N) is 2. The van der Waals surface area contributed by atoms with E-state index < -0.39 is 12.2 Å². The number of anilines is 1. The third kappa shape index (κ3) is 2.10. The lowest BCUT2D eigenvalue weighted by molar-refractivity contribution is -0.146. The second-order valence-corrected chi connectivity index (χ2v) is 3.36. The van der Waals surface area contributed by atoms with Crippen molar-refractivity contribution in [3.63, 3.8) is 0 Å². The van der Waals surface area contributed by atoms with Gasteiger partial charge in [-0.25, -0.2) is 4.68 Å². The van der Waals surface area contributed by atoms with Gasteiger partial charge in [-0.3, -0.25) is 10.1 Å². The lowest BCUT2D eigenvalue weighted by atomic mass is 10.2. The Kier molecular flexibility index (Phi) is 2.49. The molecule has 1 aliphatic heterocycles. The number of halogens is 3. The van der Waals surface area contributed by atoms with Crippen LogP contribution in [0.1, 0.15) is 16.8 Å². The molecule has 0 fully saturated rings. The fourth-order valence-electron chi connectivity index (χ4n) is 1.54. The van der Waals surface area contributed by atoms with Crippen LogP contribution < -0.4 is 10.6 Å². The van der Waals surface area contributed by atoms with Gasteiger partial charge in [0, 0.05) is 13.1 Å². The lowest BCUT2D eigenvalue weighted by Gasteiger charge is -2.17. The molecule has 1 aromatic heterocycles. The van der Waals surface area contributed by atoms with Gasteiger partial charge in [-0.2, -0.15) is 18.3 Å². The van der Waals surface area contributed by atoms with Crippen LogP contribution in [0.4, 0.5) is 19.0 Å². The van der Waals surface area contributed by atoms with Crippen molar-refractivity contribution in [3.8, 4) is 0 Å². The molecule has 1 aliphatic rings. The predicted octanol–water partition coefficient (Wildman–Crippen LogP) is 0.948. The summed E-state index contributed by atoms with van der Waals surface area (Å²) in [5.41, 5.74) is -0.0861. The number of carbonyl (C=O) groups excluding carboxylic acids is 1. The number of hydrogen-bond acceptors (Lipinski definition) is 3. The minimum atomic E-state index is -4.72. The van der Waals surface area contributed by atoms with Crippen molar-refractivity contribution in [3.05, 3.63) is 11.8 Å². The maximum atomic E-state index is 12.0. The zero-order valence-electron chi connectivity index (χ0n) is 8.14.